The number of carboxylic acid groups (broad SMARTS) is 1. The molecular weight excluding hydrogens is 412 g/mol. The van der Waals surface area contributed by atoms with Crippen LogP contribution in [-0.4, -0.2) is 43.7 Å². The largest absolute Gasteiger partial charge is 0.480 e. The third-order valence-corrected chi connectivity index (χ3v) is 5.29. The molecule has 0 aliphatic carbocycles. The second kappa shape index (κ2) is 8.60. The number of hydrogen-bond acceptors (Lipinski definition) is 8. The fraction of sp³-hybridized carbons (Fsp3) is 0.111. The Labute approximate surface area is 171 Å². The van der Waals surface area contributed by atoms with E-state index in [9.17, 15) is 23.3 Å². The number of aliphatic carboxylic acids is 1. The van der Waals surface area contributed by atoms with Crippen molar-refractivity contribution in [3.8, 4) is 6.07 Å². The topological polar surface area (TPSA) is 165 Å². The molecule has 1 heterocycles. The molecule has 0 saturated carbocycles. The van der Waals surface area contributed by atoms with Crippen molar-refractivity contribution < 1.29 is 23.1 Å². The number of nitrogens with one attached hydrogen (secondary N) is 1. The van der Waals surface area contributed by atoms with E-state index < -0.39 is 34.5 Å². The van der Waals surface area contributed by atoms with Crippen LogP contribution in [0, 0.1) is 11.3 Å². The summed E-state index contributed by atoms with van der Waals surface area (Å²) in [5.74, 6) is -1.86. The van der Waals surface area contributed by atoms with Gasteiger partial charge in [-0.05, 0) is 36.4 Å². The predicted octanol–water partition coefficient (Wildman–Crippen LogP) is 1.43. The number of carboxylic acids is 1. The fourth-order valence-corrected chi connectivity index (χ4v) is 3.42. The number of benzene rings is 2. The molecular formula is C18H14N6O5S. The van der Waals surface area contributed by atoms with E-state index in [-0.39, 0.29) is 16.3 Å². The minimum atomic E-state index is -3.99. The summed E-state index contributed by atoms with van der Waals surface area (Å²) >= 11 is 0. The first-order valence-corrected chi connectivity index (χ1v) is 9.90. The highest BCUT2D eigenvalue weighted by Gasteiger charge is 2.37. The monoisotopic (exact) mass is 426 g/mol. The van der Waals surface area contributed by atoms with E-state index in [4.69, 9.17) is 5.11 Å². The van der Waals surface area contributed by atoms with Crippen LogP contribution in [0.1, 0.15) is 0 Å². The molecule has 0 saturated heterocycles. The first-order valence-electron chi connectivity index (χ1n) is 8.42. The quantitative estimate of drug-likeness (QED) is 0.636. The van der Waals surface area contributed by atoms with Gasteiger partial charge >= 0.3 is 5.97 Å². The van der Waals surface area contributed by atoms with Gasteiger partial charge in [0.1, 0.15) is 12.6 Å². The number of hydrogen-bond donors (Lipinski definition) is 2. The Balaban J connectivity index is 1.76. The first-order chi connectivity index (χ1) is 14.3. The lowest BCUT2D eigenvalue weighted by Crippen LogP contribution is -2.30. The van der Waals surface area contributed by atoms with Crippen molar-refractivity contribution >= 4 is 39.0 Å². The SMILES string of the molecule is N#CC1=NN(c2ccccc2)C(=O)C1N=Nc1ccc(S(=O)(=O)NCC(=O)O)cc1. The van der Waals surface area contributed by atoms with E-state index in [0.717, 1.165) is 5.01 Å². The van der Waals surface area contributed by atoms with E-state index in [1.165, 1.54) is 24.3 Å². The van der Waals surface area contributed by atoms with Crippen molar-refractivity contribution in [1.29, 1.82) is 5.26 Å². The van der Waals surface area contributed by atoms with Crippen molar-refractivity contribution in [3.63, 3.8) is 0 Å². The molecule has 0 spiro atoms. The van der Waals surface area contributed by atoms with Crippen LogP contribution in [0.3, 0.4) is 0 Å². The molecule has 2 aromatic rings. The minimum Gasteiger partial charge on any atom is -0.480 e. The summed E-state index contributed by atoms with van der Waals surface area (Å²) in [7, 11) is -3.99. The number of azo groups is 1. The van der Waals surface area contributed by atoms with Gasteiger partial charge in [-0.2, -0.15) is 30.3 Å². The third kappa shape index (κ3) is 4.54. The standard InChI is InChI=1S/C18H14N6O5S/c19-10-15-17(18(27)24(23-15)13-4-2-1-3-5-13)22-21-12-6-8-14(9-7-12)30(28,29)20-11-16(25)26/h1-9,17,20H,11H2,(H,25,26). The van der Waals surface area contributed by atoms with Crippen molar-refractivity contribution in [2.45, 2.75) is 10.9 Å². The molecule has 1 amide bonds. The summed E-state index contributed by atoms with van der Waals surface area (Å²) in [6.07, 6.45) is 0. The van der Waals surface area contributed by atoms with Gasteiger partial charge in [0.05, 0.1) is 16.3 Å². The normalized spacial score (nSPS) is 16.5. The maximum Gasteiger partial charge on any atom is 0.318 e. The molecule has 12 heteroatoms. The molecule has 1 aliphatic heterocycles. The molecule has 0 radical (unpaired) electrons. The summed E-state index contributed by atoms with van der Waals surface area (Å²) in [5, 5.41) is 30.7. The van der Waals surface area contributed by atoms with Crippen molar-refractivity contribution in [2.24, 2.45) is 15.3 Å². The third-order valence-electron chi connectivity index (χ3n) is 3.87. The fourth-order valence-electron chi connectivity index (χ4n) is 2.44. The van der Waals surface area contributed by atoms with Gasteiger partial charge in [-0.25, -0.2) is 8.42 Å². The zero-order valence-corrected chi connectivity index (χ0v) is 16.0. The summed E-state index contributed by atoms with van der Waals surface area (Å²) in [6, 6.07) is 14.2. The van der Waals surface area contributed by atoms with Crippen LogP contribution in [-0.2, 0) is 19.6 Å². The number of nitriles is 1. The van der Waals surface area contributed by atoms with Gasteiger partial charge in [-0.3, -0.25) is 9.59 Å². The van der Waals surface area contributed by atoms with Gasteiger partial charge in [-0.15, -0.1) is 0 Å². The molecule has 1 aliphatic rings. The number of para-hydroxylation sites is 1. The second-order valence-corrected chi connectivity index (χ2v) is 7.68. The number of carbonyl (C=O) groups is 2. The molecule has 1 atom stereocenters. The Morgan fingerprint density at radius 2 is 1.87 bits per heavy atom. The summed E-state index contributed by atoms with van der Waals surface area (Å²) < 4.78 is 25.9. The first kappa shape index (κ1) is 20.8. The molecule has 0 fully saturated rings. The molecule has 0 bridgehead atoms. The highest BCUT2D eigenvalue weighted by atomic mass is 32.2. The van der Waals surface area contributed by atoms with Crippen LogP contribution >= 0.6 is 0 Å². The van der Waals surface area contributed by atoms with Crippen LogP contribution in [0.5, 0.6) is 0 Å². The number of amides is 1. The van der Waals surface area contributed by atoms with Gasteiger partial charge < -0.3 is 5.11 Å². The van der Waals surface area contributed by atoms with Gasteiger partial charge in [-0.1, -0.05) is 18.2 Å². The van der Waals surface area contributed by atoms with Crippen molar-refractivity contribution in [3.05, 3.63) is 54.6 Å². The average molecular weight is 426 g/mol. The zero-order chi connectivity index (χ0) is 21.7. The van der Waals surface area contributed by atoms with E-state index in [1.807, 2.05) is 10.8 Å². The molecule has 1 unspecified atom stereocenters. The Kier molecular flexibility index (Phi) is 5.95. The Bertz CT molecular complexity index is 1170. The van der Waals surface area contributed by atoms with E-state index >= 15 is 0 Å². The van der Waals surface area contributed by atoms with Gasteiger partial charge in [0.15, 0.2) is 5.71 Å². The second-order valence-electron chi connectivity index (χ2n) is 5.91. The predicted molar refractivity (Wildman–Crippen MR) is 105 cm³/mol. The maximum atomic E-state index is 12.6. The Morgan fingerprint density at radius 1 is 1.20 bits per heavy atom. The number of nitrogens with zero attached hydrogens (tertiary/aromatic N) is 5. The van der Waals surface area contributed by atoms with Crippen molar-refractivity contribution in [2.75, 3.05) is 11.6 Å². The van der Waals surface area contributed by atoms with Gasteiger partial charge in [0, 0.05) is 0 Å². The lowest BCUT2D eigenvalue weighted by Gasteiger charge is -2.11. The molecule has 2 N–H and O–H groups in total. The number of hydrazone groups is 1. The lowest BCUT2D eigenvalue weighted by atomic mass is 10.2. The van der Waals surface area contributed by atoms with Crippen LogP contribution < -0.4 is 9.73 Å². The Morgan fingerprint density at radius 3 is 2.47 bits per heavy atom. The number of carbonyl (C=O) groups excluding carboxylic acids is 1. The summed E-state index contributed by atoms with van der Waals surface area (Å²) in [5.41, 5.74) is 0.594. The minimum absolute atomic E-state index is 0.121. The average Bonchev–Trinajstić information content (AvgIpc) is 3.07. The number of rotatable bonds is 7. The van der Waals surface area contributed by atoms with Crippen LogP contribution in [0.15, 0.2) is 74.8 Å². The lowest BCUT2D eigenvalue weighted by molar-refractivity contribution is -0.135. The van der Waals surface area contributed by atoms with Crippen LogP contribution in [0.25, 0.3) is 0 Å². The van der Waals surface area contributed by atoms with E-state index in [1.54, 1.807) is 30.3 Å². The molecule has 3 rings (SSSR count). The molecule has 152 valence electrons. The van der Waals surface area contributed by atoms with Crippen LogP contribution in [0.4, 0.5) is 11.4 Å². The van der Waals surface area contributed by atoms with E-state index in [0.29, 0.717) is 5.69 Å². The molecule has 2 aromatic carbocycles. The summed E-state index contributed by atoms with van der Waals surface area (Å²) in [4.78, 5) is 22.9. The smallest absolute Gasteiger partial charge is 0.318 e. The molecule has 11 nitrogen and oxygen atoms in total. The van der Waals surface area contributed by atoms with E-state index in [2.05, 4.69) is 15.3 Å². The zero-order valence-electron chi connectivity index (χ0n) is 15.2. The highest BCUT2D eigenvalue weighted by molar-refractivity contribution is 7.89. The van der Waals surface area contributed by atoms with Gasteiger partial charge in [0.25, 0.3) is 5.91 Å². The van der Waals surface area contributed by atoms with Crippen LogP contribution in [0.2, 0.25) is 0 Å². The Hall–Kier alpha value is -3.95. The molecule has 0 aromatic heterocycles. The summed E-state index contributed by atoms with van der Waals surface area (Å²) in [6.45, 7) is -0.748. The number of sulfonamides is 1. The van der Waals surface area contributed by atoms with Crippen molar-refractivity contribution in [1.82, 2.24) is 4.72 Å². The number of anilines is 1. The van der Waals surface area contributed by atoms with Gasteiger partial charge in [0.2, 0.25) is 16.1 Å². The molecule has 30 heavy (non-hydrogen) atoms. The highest BCUT2D eigenvalue weighted by Crippen LogP contribution is 2.23. The maximum absolute atomic E-state index is 12.6.